The van der Waals surface area contributed by atoms with Crippen molar-refractivity contribution < 1.29 is 13.9 Å². The van der Waals surface area contributed by atoms with Crippen molar-refractivity contribution in [3.63, 3.8) is 0 Å². The lowest BCUT2D eigenvalue weighted by atomic mass is 10.1. The van der Waals surface area contributed by atoms with E-state index in [9.17, 15) is 13.9 Å². The van der Waals surface area contributed by atoms with Crippen molar-refractivity contribution in [3.05, 3.63) is 23.8 Å². The Kier molecular flexibility index (Phi) is 2.95. The molecule has 1 heterocycles. The fourth-order valence-corrected chi connectivity index (χ4v) is 2.19. The minimum atomic E-state index is -2.56. The summed E-state index contributed by atoms with van der Waals surface area (Å²) in [5.74, 6) is 0. The van der Waals surface area contributed by atoms with Gasteiger partial charge in [-0.3, -0.25) is 0 Å². The van der Waals surface area contributed by atoms with Crippen LogP contribution in [0.4, 0.5) is 20.2 Å². The minimum Gasteiger partial charge on any atom is -0.399 e. The molecule has 2 rings (SSSR count). The van der Waals surface area contributed by atoms with Crippen molar-refractivity contribution >= 4 is 11.4 Å². The van der Waals surface area contributed by atoms with Crippen LogP contribution in [-0.2, 0) is 0 Å². The van der Waals surface area contributed by atoms with E-state index in [0.717, 1.165) is 0 Å². The lowest BCUT2D eigenvalue weighted by Gasteiger charge is -2.23. The predicted octanol–water partition coefficient (Wildman–Crippen LogP) is 2.17. The van der Waals surface area contributed by atoms with Crippen molar-refractivity contribution in [3.8, 4) is 0 Å². The second-order valence-corrected chi connectivity index (χ2v) is 4.79. The number of anilines is 2. The average Bonchev–Trinajstić information content (AvgIpc) is 2.58. The molecule has 17 heavy (non-hydrogen) atoms. The van der Waals surface area contributed by atoms with Gasteiger partial charge in [0.2, 0.25) is 0 Å². The monoisotopic (exact) mass is 242 g/mol. The molecular formula is C12H16F2N2O. The first-order chi connectivity index (χ1) is 7.89. The predicted molar refractivity (Wildman–Crippen MR) is 63.3 cm³/mol. The second-order valence-electron chi connectivity index (χ2n) is 4.79. The molecule has 0 saturated carbocycles. The Hall–Kier alpha value is -1.36. The third kappa shape index (κ3) is 2.49. The number of nitrogen functional groups attached to an aromatic ring is 1. The van der Waals surface area contributed by atoms with Gasteiger partial charge in [0.25, 0.3) is 6.43 Å². The second kappa shape index (κ2) is 4.14. The lowest BCUT2D eigenvalue weighted by molar-refractivity contribution is 0.0838. The standard InChI is InChI=1S/C12H16F2N2O/c1-12(17)4-5-16(7-12)10-3-2-8(15)6-9(10)11(13)14/h2-3,6,11,17H,4-5,7,15H2,1H3. The van der Waals surface area contributed by atoms with Crippen LogP contribution in [0, 0.1) is 0 Å². The number of nitrogens with two attached hydrogens (primary N) is 1. The zero-order chi connectivity index (χ0) is 12.6. The topological polar surface area (TPSA) is 49.5 Å². The number of β-amino-alcohol motifs (C(OH)–C–C–N with tert-alkyl or cyclic N) is 1. The zero-order valence-electron chi connectivity index (χ0n) is 9.66. The van der Waals surface area contributed by atoms with Gasteiger partial charge in [-0.1, -0.05) is 0 Å². The molecule has 1 unspecified atom stereocenters. The van der Waals surface area contributed by atoms with Gasteiger partial charge in [0, 0.05) is 30.0 Å². The molecule has 1 aromatic carbocycles. The molecule has 0 bridgehead atoms. The van der Waals surface area contributed by atoms with Crippen molar-refractivity contribution in [1.29, 1.82) is 0 Å². The van der Waals surface area contributed by atoms with Crippen LogP contribution in [0.5, 0.6) is 0 Å². The summed E-state index contributed by atoms with van der Waals surface area (Å²) in [4.78, 5) is 1.78. The molecule has 3 nitrogen and oxygen atoms in total. The summed E-state index contributed by atoms with van der Waals surface area (Å²) in [6.07, 6.45) is -1.97. The molecule has 0 aromatic heterocycles. The van der Waals surface area contributed by atoms with E-state index in [1.807, 2.05) is 0 Å². The minimum absolute atomic E-state index is 0.0669. The highest BCUT2D eigenvalue weighted by Crippen LogP contribution is 2.35. The van der Waals surface area contributed by atoms with E-state index in [4.69, 9.17) is 5.73 Å². The van der Waals surface area contributed by atoms with Gasteiger partial charge >= 0.3 is 0 Å². The molecule has 0 spiro atoms. The maximum atomic E-state index is 12.9. The first kappa shape index (κ1) is 12.1. The van der Waals surface area contributed by atoms with Crippen molar-refractivity contribution in [2.45, 2.75) is 25.4 Å². The third-order valence-corrected chi connectivity index (χ3v) is 3.08. The average molecular weight is 242 g/mol. The molecular weight excluding hydrogens is 226 g/mol. The Labute approximate surface area is 98.8 Å². The van der Waals surface area contributed by atoms with Gasteiger partial charge in [-0.2, -0.15) is 0 Å². The molecule has 0 radical (unpaired) electrons. The van der Waals surface area contributed by atoms with Gasteiger partial charge in [0.15, 0.2) is 0 Å². The molecule has 1 fully saturated rings. The first-order valence-electron chi connectivity index (χ1n) is 5.54. The summed E-state index contributed by atoms with van der Waals surface area (Å²) in [7, 11) is 0. The number of alkyl halides is 2. The van der Waals surface area contributed by atoms with Crippen LogP contribution < -0.4 is 10.6 Å². The van der Waals surface area contributed by atoms with Crippen molar-refractivity contribution in [1.82, 2.24) is 0 Å². The molecule has 1 saturated heterocycles. The van der Waals surface area contributed by atoms with Gasteiger partial charge in [0.1, 0.15) is 0 Å². The number of rotatable bonds is 2. The molecule has 1 atom stereocenters. The number of hydrogen-bond donors (Lipinski definition) is 2. The highest BCUT2D eigenvalue weighted by Gasteiger charge is 2.33. The Morgan fingerprint density at radius 2 is 2.18 bits per heavy atom. The fraction of sp³-hybridized carbons (Fsp3) is 0.500. The lowest BCUT2D eigenvalue weighted by Crippen LogP contribution is -2.30. The summed E-state index contributed by atoms with van der Waals surface area (Å²) in [6, 6.07) is 4.50. The summed E-state index contributed by atoms with van der Waals surface area (Å²) in [5.41, 5.74) is 5.44. The van der Waals surface area contributed by atoms with E-state index in [-0.39, 0.29) is 5.56 Å². The summed E-state index contributed by atoms with van der Waals surface area (Å²) >= 11 is 0. The number of aliphatic hydroxyl groups is 1. The van der Waals surface area contributed by atoms with Gasteiger partial charge in [0.05, 0.1) is 5.60 Å². The first-order valence-corrected chi connectivity index (χ1v) is 5.54. The summed E-state index contributed by atoms with van der Waals surface area (Å²) in [6.45, 7) is 2.67. The van der Waals surface area contributed by atoms with E-state index >= 15 is 0 Å². The van der Waals surface area contributed by atoms with Crippen LogP contribution in [0.25, 0.3) is 0 Å². The number of nitrogens with zero attached hydrogens (tertiary/aromatic N) is 1. The van der Waals surface area contributed by atoms with Crippen LogP contribution in [0.15, 0.2) is 18.2 Å². The van der Waals surface area contributed by atoms with Crippen LogP contribution in [0.1, 0.15) is 25.3 Å². The van der Waals surface area contributed by atoms with Gasteiger partial charge < -0.3 is 15.7 Å². The molecule has 1 aliphatic heterocycles. The maximum absolute atomic E-state index is 12.9. The maximum Gasteiger partial charge on any atom is 0.265 e. The normalized spacial score (nSPS) is 24.6. The van der Waals surface area contributed by atoms with Crippen molar-refractivity contribution in [2.75, 3.05) is 23.7 Å². The fourth-order valence-electron chi connectivity index (χ4n) is 2.19. The quantitative estimate of drug-likeness (QED) is 0.781. The molecule has 0 amide bonds. The summed E-state index contributed by atoms with van der Waals surface area (Å²) < 4.78 is 25.8. The van der Waals surface area contributed by atoms with E-state index in [0.29, 0.717) is 30.9 Å². The Balaban J connectivity index is 2.33. The molecule has 5 heteroatoms. The molecule has 94 valence electrons. The van der Waals surface area contributed by atoms with Crippen LogP contribution >= 0.6 is 0 Å². The number of benzene rings is 1. The zero-order valence-corrected chi connectivity index (χ0v) is 9.66. The Morgan fingerprint density at radius 1 is 1.47 bits per heavy atom. The van der Waals surface area contributed by atoms with Crippen LogP contribution in [-0.4, -0.2) is 23.8 Å². The molecule has 1 aliphatic rings. The molecule has 3 N–H and O–H groups in total. The highest BCUT2D eigenvalue weighted by molar-refractivity contribution is 5.61. The van der Waals surface area contributed by atoms with E-state index < -0.39 is 12.0 Å². The van der Waals surface area contributed by atoms with Crippen molar-refractivity contribution in [2.24, 2.45) is 0 Å². The Morgan fingerprint density at radius 3 is 2.71 bits per heavy atom. The van der Waals surface area contributed by atoms with Crippen LogP contribution in [0.3, 0.4) is 0 Å². The molecule has 0 aliphatic carbocycles. The van der Waals surface area contributed by atoms with E-state index in [2.05, 4.69) is 0 Å². The molecule has 1 aromatic rings. The van der Waals surface area contributed by atoms with E-state index in [1.165, 1.54) is 6.07 Å². The SMILES string of the molecule is CC1(O)CCN(c2ccc(N)cc2C(F)F)C1. The van der Waals surface area contributed by atoms with Gasteiger partial charge in [-0.25, -0.2) is 8.78 Å². The number of halogens is 2. The summed E-state index contributed by atoms with van der Waals surface area (Å²) in [5, 5.41) is 9.86. The third-order valence-electron chi connectivity index (χ3n) is 3.08. The highest BCUT2D eigenvalue weighted by atomic mass is 19.3. The Bertz CT molecular complexity index is 421. The largest absolute Gasteiger partial charge is 0.399 e. The number of hydrogen-bond acceptors (Lipinski definition) is 3. The van der Waals surface area contributed by atoms with Crippen LogP contribution in [0.2, 0.25) is 0 Å². The smallest absolute Gasteiger partial charge is 0.265 e. The van der Waals surface area contributed by atoms with Gasteiger partial charge in [-0.05, 0) is 31.5 Å². The van der Waals surface area contributed by atoms with E-state index in [1.54, 1.807) is 24.0 Å². The van der Waals surface area contributed by atoms with Gasteiger partial charge in [-0.15, -0.1) is 0 Å².